The molecule has 2 aromatic rings. The molecule has 2 atom stereocenters. The lowest BCUT2D eigenvalue weighted by Gasteiger charge is -2.22. The molecule has 0 heterocycles. The van der Waals surface area contributed by atoms with Crippen molar-refractivity contribution in [3.05, 3.63) is 47.5 Å². The summed E-state index contributed by atoms with van der Waals surface area (Å²) in [5.41, 5.74) is 2.46. The van der Waals surface area contributed by atoms with Crippen molar-refractivity contribution in [2.45, 2.75) is 111 Å². The Balaban J connectivity index is 0.00000882. The lowest BCUT2D eigenvalue weighted by atomic mass is 9.96. The first kappa shape index (κ1) is 41.1. The van der Waals surface area contributed by atoms with Crippen LogP contribution in [0, 0.1) is 11.8 Å². The van der Waals surface area contributed by atoms with Crippen molar-refractivity contribution in [2.75, 3.05) is 28.4 Å². The second-order valence-corrected chi connectivity index (χ2v) is 12.1. The molecule has 0 aliphatic heterocycles. The van der Waals surface area contributed by atoms with Crippen molar-refractivity contribution in [2.24, 2.45) is 11.8 Å². The van der Waals surface area contributed by atoms with Crippen LogP contribution in [-0.2, 0) is 13.1 Å². The number of hydrogen-bond acceptors (Lipinski definition) is 6. The average molecular weight is 644 g/mol. The molecule has 0 amide bonds. The largest absolute Gasteiger partial charge is 0.493 e. The first-order valence-corrected chi connectivity index (χ1v) is 15.7. The van der Waals surface area contributed by atoms with Gasteiger partial charge in [0, 0.05) is 25.2 Å². The maximum atomic E-state index is 5.50. The van der Waals surface area contributed by atoms with E-state index in [1.165, 1.54) is 68.9 Å². The monoisotopic (exact) mass is 642 g/mol. The molecule has 6 nitrogen and oxygen atoms in total. The van der Waals surface area contributed by atoms with E-state index in [0.29, 0.717) is 12.1 Å². The molecule has 0 spiro atoms. The van der Waals surface area contributed by atoms with Crippen LogP contribution in [0.4, 0.5) is 0 Å². The van der Waals surface area contributed by atoms with Crippen LogP contribution in [-0.4, -0.2) is 40.5 Å². The number of rotatable bonds is 22. The van der Waals surface area contributed by atoms with Gasteiger partial charge in [-0.1, -0.05) is 59.1 Å². The second-order valence-electron chi connectivity index (χ2n) is 12.1. The molecule has 2 aromatic carbocycles. The molecule has 0 aliphatic rings. The molecular weight excluding hydrogens is 583 g/mol. The van der Waals surface area contributed by atoms with Gasteiger partial charge in [-0.25, -0.2) is 0 Å². The van der Waals surface area contributed by atoms with Gasteiger partial charge >= 0.3 is 0 Å². The van der Waals surface area contributed by atoms with Crippen LogP contribution in [0.25, 0.3) is 0 Å². The maximum Gasteiger partial charge on any atom is 0.161 e. The van der Waals surface area contributed by atoms with E-state index in [0.717, 1.165) is 47.9 Å². The fourth-order valence-electron chi connectivity index (χ4n) is 5.23. The summed E-state index contributed by atoms with van der Waals surface area (Å²) < 4.78 is 21.8. The molecule has 2 unspecified atom stereocenters. The van der Waals surface area contributed by atoms with E-state index < -0.39 is 0 Å². The Labute approximate surface area is 275 Å². The van der Waals surface area contributed by atoms with Crippen LogP contribution in [0.1, 0.15) is 96.6 Å². The van der Waals surface area contributed by atoms with E-state index in [-0.39, 0.29) is 24.8 Å². The standard InChI is InChI=1S/C35H58N2O4.2ClH/c1-26(2)14-18-30(36-24-28-16-20-32(38-5)34(22-28)40-7)12-10-9-11-13-31(19-15-27(3)4)37-25-29-17-21-33(39-6)35(23-29)41-8;;/h16-17,20-23,26-27,30-31,36-37H,9-15,18-19,24-25H2,1-8H3;2*1H. The first-order chi connectivity index (χ1) is 19.8. The minimum Gasteiger partial charge on any atom is -0.493 e. The molecule has 43 heavy (non-hydrogen) atoms. The number of ether oxygens (including phenoxy) is 4. The Morgan fingerprint density at radius 2 is 0.860 bits per heavy atom. The summed E-state index contributed by atoms with van der Waals surface area (Å²) in [6, 6.07) is 13.5. The lowest BCUT2D eigenvalue weighted by Crippen LogP contribution is -2.29. The van der Waals surface area contributed by atoms with E-state index in [9.17, 15) is 0 Å². The third-order valence-electron chi connectivity index (χ3n) is 7.88. The maximum absolute atomic E-state index is 5.50. The highest BCUT2D eigenvalue weighted by Crippen LogP contribution is 2.29. The topological polar surface area (TPSA) is 61.0 Å². The van der Waals surface area contributed by atoms with Gasteiger partial charge in [0.15, 0.2) is 23.0 Å². The van der Waals surface area contributed by atoms with Crippen LogP contribution in [0.5, 0.6) is 23.0 Å². The van der Waals surface area contributed by atoms with Crippen molar-refractivity contribution >= 4 is 24.8 Å². The Hall–Kier alpha value is -1.86. The van der Waals surface area contributed by atoms with E-state index >= 15 is 0 Å². The van der Waals surface area contributed by atoms with E-state index in [1.807, 2.05) is 12.1 Å². The fourth-order valence-corrected chi connectivity index (χ4v) is 5.23. The van der Waals surface area contributed by atoms with E-state index in [4.69, 9.17) is 18.9 Å². The molecule has 2 rings (SSSR count). The Morgan fingerprint density at radius 1 is 0.488 bits per heavy atom. The highest BCUT2D eigenvalue weighted by atomic mass is 35.5. The molecule has 0 aliphatic carbocycles. The molecule has 8 heteroatoms. The van der Waals surface area contributed by atoms with Gasteiger partial charge in [-0.2, -0.15) is 0 Å². The zero-order valence-corrected chi connectivity index (χ0v) is 29.6. The number of methoxy groups -OCH3 is 4. The minimum atomic E-state index is 0. The smallest absolute Gasteiger partial charge is 0.161 e. The molecule has 0 fully saturated rings. The zero-order chi connectivity index (χ0) is 30.0. The Morgan fingerprint density at radius 3 is 1.19 bits per heavy atom. The predicted octanol–water partition coefficient (Wildman–Crippen LogP) is 9.00. The SMILES string of the molecule is COc1ccc(CNC(CCCCCC(CCC(C)C)NCc2ccc(OC)c(OC)c2)CCC(C)C)cc1OC.Cl.Cl. The van der Waals surface area contributed by atoms with Crippen molar-refractivity contribution in [1.82, 2.24) is 10.6 Å². The van der Waals surface area contributed by atoms with Crippen LogP contribution >= 0.6 is 24.8 Å². The first-order valence-electron chi connectivity index (χ1n) is 15.7. The summed E-state index contributed by atoms with van der Waals surface area (Å²) in [4.78, 5) is 0. The summed E-state index contributed by atoms with van der Waals surface area (Å²) in [7, 11) is 6.75. The fraction of sp³-hybridized carbons (Fsp3) is 0.657. The van der Waals surface area contributed by atoms with Crippen LogP contribution in [0.2, 0.25) is 0 Å². The van der Waals surface area contributed by atoms with Crippen molar-refractivity contribution in [3.63, 3.8) is 0 Å². The van der Waals surface area contributed by atoms with Gasteiger partial charge in [-0.15, -0.1) is 24.8 Å². The van der Waals surface area contributed by atoms with Gasteiger partial charge in [0.25, 0.3) is 0 Å². The number of benzene rings is 2. The molecule has 0 bridgehead atoms. The third-order valence-corrected chi connectivity index (χ3v) is 7.88. The molecule has 0 saturated heterocycles. The summed E-state index contributed by atoms with van der Waals surface area (Å²) in [6.45, 7) is 11.0. The predicted molar refractivity (Wildman–Crippen MR) is 186 cm³/mol. The van der Waals surface area contributed by atoms with Crippen LogP contribution in [0.15, 0.2) is 36.4 Å². The second kappa shape index (κ2) is 23.5. The lowest BCUT2D eigenvalue weighted by molar-refractivity contribution is 0.353. The van der Waals surface area contributed by atoms with Crippen molar-refractivity contribution in [1.29, 1.82) is 0 Å². The van der Waals surface area contributed by atoms with Crippen molar-refractivity contribution in [3.8, 4) is 23.0 Å². The molecule has 0 aromatic heterocycles. The Kier molecular flexibility index (Phi) is 22.5. The average Bonchev–Trinajstić information content (AvgIpc) is 2.98. The zero-order valence-electron chi connectivity index (χ0n) is 28.0. The molecular formula is C35H60Cl2N2O4. The van der Waals surface area contributed by atoms with Crippen LogP contribution in [0.3, 0.4) is 0 Å². The van der Waals surface area contributed by atoms with E-state index in [2.05, 4.69) is 62.6 Å². The van der Waals surface area contributed by atoms with Gasteiger partial charge in [0.05, 0.1) is 28.4 Å². The molecule has 0 radical (unpaired) electrons. The Bertz CT molecular complexity index is 913. The highest BCUT2D eigenvalue weighted by Gasteiger charge is 2.13. The highest BCUT2D eigenvalue weighted by molar-refractivity contribution is 5.85. The summed E-state index contributed by atoms with van der Waals surface area (Å²) in [5.74, 6) is 4.57. The molecule has 2 N–H and O–H groups in total. The number of unbranched alkanes of at least 4 members (excludes halogenated alkanes) is 2. The third kappa shape index (κ3) is 16.1. The van der Waals surface area contributed by atoms with Gasteiger partial charge in [-0.05, 0) is 85.8 Å². The van der Waals surface area contributed by atoms with Crippen LogP contribution < -0.4 is 29.6 Å². The summed E-state index contributed by atoms with van der Waals surface area (Å²) >= 11 is 0. The summed E-state index contributed by atoms with van der Waals surface area (Å²) in [6.07, 6.45) is 11.2. The number of nitrogens with one attached hydrogen (secondary N) is 2. The van der Waals surface area contributed by atoms with Gasteiger partial charge in [0.1, 0.15) is 0 Å². The van der Waals surface area contributed by atoms with Crippen molar-refractivity contribution < 1.29 is 18.9 Å². The quantitative estimate of drug-likeness (QED) is 0.125. The van der Waals surface area contributed by atoms with Gasteiger partial charge in [-0.3, -0.25) is 0 Å². The van der Waals surface area contributed by atoms with Gasteiger partial charge in [0.2, 0.25) is 0 Å². The van der Waals surface area contributed by atoms with Gasteiger partial charge < -0.3 is 29.6 Å². The molecule has 248 valence electrons. The number of halogens is 2. The summed E-state index contributed by atoms with van der Waals surface area (Å²) in [5, 5.41) is 7.68. The number of hydrogen-bond donors (Lipinski definition) is 2. The minimum absolute atomic E-state index is 0. The normalized spacial score (nSPS) is 12.3. The molecule has 0 saturated carbocycles. The van der Waals surface area contributed by atoms with E-state index in [1.54, 1.807) is 28.4 Å².